The van der Waals surface area contributed by atoms with Gasteiger partial charge in [0.25, 0.3) is 0 Å². The highest BCUT2D eigenvalue weighted by molar-refractivity contribution is 6.03. The van der Waals surface area contributed by atoms with Gasteiger partial charge in [0.2, 0.25) is 17.7 Å². The van der Waals surface area contributed by atoms with Crippen LogP contribution < -0.4 is 10.2 Å². The van der Waals surface area contributed by atoms with Crippen molar-refractivity contribution in [3.05, 3.63) is 42.0 Å². The molecule has 0 saturated carbocycles. The molecule has 1 N–H and O–H groups in total. The zero-order valence-corrected chi connectivity index (χ0v) is 17.3. The van der Waals surface area contributed by atoms with Crippen LogP contribution in [0.2, 0.25) is 0 Å². The van der Waals surface area contributed by atoms with Gasteiger partial charge in [-0.25, -0.2) is 0 Å². The fourth-order valence-electron chi connectivity index (χ4n) is 5.24. The lowest BCUT2D eigenvalue weighted by Crippen LogP contribution is -2.47. The number of carbonyl (C=O) groups excluding carboxylic acids is 3. The van der Waals surface area contributed by atoms with Gasteiger partial charge < -0.3 is 19.9 Å². The molecule has 4 aliphatic heterocycles. The third-order valence-corrected chi connectivity index (χ3v) is 6.88. The smallest absolute Gasteiger partial charge is 0.234 e. The average molecular weight is 409 g/mol. The van der Waals surface area contributed by atoms with Crippen LogP contribution in [0.25, 0.3) is 0 Å². The van der Waals surface area contributed by atoms with Crippen LogP contribution in [-0.4, -0.2) is 60.5 Å². The van der Waals surface area contributed by atoms with E-state index in [9.17, 15) is 14.4 Å². The van der Waals surface area contributed by atoms with E-state index in [2.05, 4.69) is 31.3 Å². The molecule has 30 heavy (non-hydrogen) atoms. The molecule has 2 unspecified atom stereocenters. The minimum absolute atomic E-state index is 0.0428. The number of hydrogen-bond donors (Lipinski definition) is 1. The van der Waals surface area contributed by atoms with Crippen LogP contribution in [0, 0.1) is 11.8 Å². The van der Waals surface area contributed by atoms with Crippen LogP contribution in [0.4, 0.5) is 5.69 Å². The summed E-state index contributed by atoms with van der Waals surface area (Å²) in [5.41, 5.74) is 1.32. The van der Waals surface area contributed by atoms with E-state index in [0.717, 1.165) is 5.69 Å². The Morgan fingerprint density at radius 3 is 2.70 bits per heavy atom. The van der Waals surface area contributed by atoms with Gasteiger partial charge in [-0.3, -0.25) is 14.4 Å². The van der Waals surface area contributed by atoms with Crippen LogP contribution in [0.3, 0.4) is 0 Å². The Hall–Kier alpha value is -2.67. The summed E-state index contributed by atoms with van der Waals surface area (Å²) in [4.78, 5) is 42.0. The Labute approximate surface area is 176 Å². The SMILES string of the molecule is CC(C)c1ccc(N2C[C@@]34C=C[C@@H](O3)C(C(=O)N3CCNC(=O)CC3)C4C2=O)cc1. The number of ether oxygens (including phenoxy) is 1. The van der Waals surface area contributed by atoms with Crippen molar-refractivity contribution in [2.24, 2.45) is 11.8 Å². The Bertz CT molecular complexity index is 925. The minimum atomic E-state index is -0.737. The molecular formula is C23H27N3O4. The fraction of sp³-hybridized carbons (Fsp3) is 0.522. The first-order valence-electron chi connectivity index (χ1n) is 10.7. The van der Waals surface area contributed by atoms with Gasteiger partial charge in [-0.2, -0.15) is 0 Å². The van der Waals surface area contributed by atoms with E-state index in [1.165, 1.54) is 5.56 Å². The largest absolute Gasteiger partial charge is 0.360 e. The number of nitrogens with one attached hydrogen (secondary N) is 1. The van der Waals surface area contributed by atoms with Gasteiger partial charge in [0.05, 0.1) is 24.5 Å². The third kappa shape index (κ3) is 2.87. The van der Waals surface area contributed by atoms with E-state index in [-0.39, 0.29) is 30.2 Å². The maximum Gasteiger partial charge on any atom is 0.234 e. The highest BCUT2D eigenvalue weighted by Crippen LogP contribution is 2.53. The molecule has 0 radical (unpaired) electrons. The van der Waals surface area contributed by atoms with Crippen LogP contribution in [-0.2, 0) is 19.1 Å². The van der Waals surface area contributed by atoms with Gasteiger partial charge in [-0.1, -0.05) is 38.1 Å². The number of nitrogens with zero attached hydrogens (tertiary/aromatic N) is 2. The Kier molecular flexibility index (Phi) is 4.47. The van der Waals surface area contributed by atoms with Crippen LogP contribution in [0.5, 0.6) is 0 Å². The molecule has 7 nitrogen and oxygen atoms in total. The molecule has 7 heteroatoms. The van der Waals surface area contributed by atoms with Gasteiger partial charge in [-0.05, 0) is 23.6 Å². The van der Waals surface area contributed by atoms with E-state index >= 15 is 0 Å². The lowest BCUT2D eigenvalue weighted by molar-refractivity contribution is -0.140. The molecule has 4 aliphatic rings. The van der Waals surface area contributed by atoms with E-state index in [1.54, 1.807) is 9.80 Å². The summed E-state index contributed by atoms with van der Waals surface area (Å²) in [5, 5.41) is 2.80. The van der Waals surface area contributed by atoms with E-state index in [4.69, 9.17) is 4.74 Å². The maximum atomic E-state index is 13.5. The molecule has 4 atom stereocenters. The minimum Gasteiger partial charge on any atom is -0.360 e. The molecule has 158 valence electrons. The molecule has 4 heterocycles. The Morgan fingerprint density at radius 1 is 1.20 bits per heavy atom. The first kappa shape index (κ1) is 19.3. The van der Waals surface area contributed by atoms with Gasteiger partial charge in [0.1, 0.15) is 5.60 Å². The van der Waals surface area contributed by atoms with Crippen molar-refractivity contribution < 1.29 is 19.1 Å². The zero-order chi connectivity index (χ0) is 21.0. The van der Waals surface area contributed by atoms with Crippen molar-refractivity contribution in [3.63, 3.8) is 0 Å². The van der Waals surface area contributed by atoms with Gasteiger partial charge in [0, 0.05) is 31.7 Å². The second-order valence-electron chi connectivity index (χ2n) is 9.00. The van der Waals surface area contributed by atoms with Crippen molar-refractivity contribution in [2.45, 2.75) is 37.9 Å². The molecule has 5 rings (SSSR count). The summed E-state index contributed by atoms with van der Waals surface area (Å²) in [6, 6.07) is 8.06. The van der Waals surface area contributed by atoms with Crippen molar-refractivity contribution in [1.82, 2.24) is 10.2 Å². The second kappa shape index (κ2) is 6.94. The topological polar surface area (TPSA) is 79.0 Å². The summed E-state index contributed by atoms with van der Waals surface area (Å²) >= 11 is 0. The molecular weight excluding hydrogens is 382 g/mol. The fourth-order valence-corrected chi connectivity index (χ4v) is 5.24. The molecule has 1 aromatic carbocycles. The Balaban J connectivity index is 1.41. The predicted molar refractivity (Wildman–Crippen MR) is 111 cm³/mol. The molecule has 1 spiro atoms. The monoisotopic (exact) mass is 409 g/mol. The zero-order valence-electron chi connectivity index (χ0n) is 17.3. The highest BCUT2D eigenvalue weighted by Gasteiger charge is 2.67. The first-order valence-corrected chi connectivity index (χ1v) is 10.7. The van der Waals surface area contributed by atoms with E-state index in [0.29, 0.717) is 32.1 Å². The summed E-state index contributed by atoms with van der Waals surface area (Å²) in [7, 11) is 0. The van der Waals surface area contributed by atoms with E-state index in [1.807, 2.05) is 24.3 Å². The summed E-state index contributed by atoms with van der Waals surface area (Å²) in [5.74, 6) is -0.809. The molecule has 3 amide bonds. The second-order valence-corrected chi connectivity index (χ2v) is 9.00. The summed E-state index contributed by atoms with van der Waals surface area (Å²) < 4.78 is 6.24. The van der Waals surface area contributed by atoms with Crippen molar-refractivity contribution >= 4 is 23.4 Å². The number of benzene rings is 1. The number of hydrogen-bond acceptors (Lipinski definition) is 4. The number of carbonyl (C=O) groups is 3. The molecule has 0 aliphatic carbocycles. The lowest BCUT2D eigenvalue weighted by Gasteiger charge is -2.29. The molecule has 2 bridgehead atoms. The molecule has 0 aromatic heterocycles. The van der Waals surface area contributed by atoms with Crippen molar-refractivity contribution in [3.8, 4) is 0 Å². The lowest BCUT2D eigenvalue weighted by atomic mass is 9.76. The summed E-state index contributed by atoms with van der Waals surface area (Å²) in [6.07, 6.45) is 3.82. The number of rotatable bonds is 3. The average Bonchev–Trinajstić information content (AvgIpc) is 3.32. The van der Waals surface area contributed by atoms with Gasteiger partial charge in [-0.15, -0.1) is 0 Å². The Morgan fingerprint density at radius 2 is 1.97 bits per heavy atom. The quantitative estimate of drug-likeness (QED) is 0.767. The van der Waals surface area contributed by atoms with Crippen LogP contribution in [0.15, 0.2) is 36.4 Å². The van der Waals surface area contributed by atoms with E-state index < -0.39 is 17.4 Å². The molecule has 3 fully saturated rings. The maximum absolute atomic E-state index is 13.5. The standard InChI is InChI=1S/C23H27N3O4/c1-14(2)15-3-5-16(6-4-15)26-13-23-9-7-17(30-23)19(20(23)22(26)29)21(28)25-11-8-18(27)24-10-12-25/h3-7,9,14,17,19-20H,8,10-13H2,1-2H3,(H,24,27)/t17-,19?,20?,23-/m1/s1. The predicted octanol–water partition coefficient (Wildman–Crippen LogP) is 1.44. The summed E-state index contributed by atoms with van der Waals surface area (Å²) in [6.45, 7) is 5.99. The third-order valence-electron chi connectivity index (χ3n) is 6.88. The first-order chi connectivity index (χ1) is 14.4. The van der Waals surface area contributed by atoms with Gasteiger partial charge >= 0.3 is 0 Å². The number of anilines is 1. The van der Waals surface area contributed by atoms with Crippen LogP contribution >= 0.6 is 0 Å². The van der Waals surface area contributed by atoms with Crippen molar-refractivity contribution in [1.29, 1.82) is 0 Å². The van der Waals surface area contributed by atoms with Gasteiger partial charge in [0.15, 0.2) is 0 Å². The number of amides is 3. The normalized spacial score (nSPS) is 32.6. The van der Waals surface area contributed by atoms with Crippen molar-refractivity contribution in [2.75, 3.05) is 31.1 Å². The van der Waals surface area contributed by atoms with Crippen LogP contribution in [0.1, 0.15) is 31.7 Å². The highest BCUT2D eigenvalue weighted by atomic mass is 16.5. The molecule has 3 saturated heterocycles. The number of fused-ring (bicyclic) bond motifs is 1. The molecule has 1 aromatic rings.